The van der Waals surface area contributed by atoms with Crippen LogP contribution in [0.3, 0.4) is 0 Å². The van der Waals surface area contributed by atoms with Gasteiger partial charge in [0.25, 0.3) is 5.91 Å². The highest BCUT2D eigenvalue weighted by Crippen LogP contribution is 2.33. The molecule has 0 bridgehead atoms. The van der Waals surface area contributed by atoms with Gasteiger partial charge < -0.3 is 10.6 Å². The van der Waals surface area contributed by atoms with E-state index in [0.29, 0.717) is 12.8 Å². The van der Waals surface area contributed by atoms with Crippen molar-refractivity contribution in [3.05, 3.63) is 47.3 Å². The van der Waals surface area contributed by atoms with Gasteiger partial charge in [0.1, 0.15) is 0 Å². The van der Waals surface area contributed by atoms with E-state index in [1.165, 1.54) is 0 Å². The average Bonchev–Trinajstić information content (AvgIpc) is 3.01. The number of halogens is 3. The van der Waals surface area contributed by atoms with Crippen LogP contribution in [0.25, 0.3) is 5.69 Å². The molecule has 0 aliphatic carbocycles. The van der Waals surface area contributed by atoms with Gasteiger partial charge in [0.15, 0.2) is 5.69 Å². The highest BCUT2D eigenvalue weighted by molar-refractivity contribution is 5.95. The second-order valence-corrected chi connectivity index (χ2v) is 6.70. The van der Waals surface area contributed by atoms with Crippen molar-refractivity contribution < 1.29 is 18.0 Å². The fourth-order valence-corrected chi connectivity index (χ4v) is 3.20. The van der Waals surface area contributed by atoms with E-state index in [2.05, 4.69) is 15.7 Å². The molecule has 8 heteroatoms. The molecule has 5 nitrogen and oxygen atoms in total. The molecule has 2 N–H and O–H groups in total. The number of carbonyl (C=O) groups excluding carboxylic acids is 1. The average molecular weight is 366 g/mol. The zero-order valence-corrected chi connectivity index (χ0v) is 14.6. The molecule has 1 fully saturated rings. The number of amides is 1. The molecule has 140 valence electrons. The first-order chi connectivity index (χ1) is 12.3. The van der Waals surface area contributed by atoms with E-state index in [-0.39, 0.29) is 17.8 Å². The van der Waals surface area contributed by atoms with Crippen LogP contribution in [-0.4, -0.2) is 34.3 Å². The Morgan fingerprint density at radius 3 is 2.62 bits per heavy atom. The number of piperidine rings is 1. The predicted octanol–water partition coefficient (Wildman–Crippen LogP) is 3.07. The third-order valence-corrected chi connectivity index (χ3v) is 4.52. The molecule has 2 atom stereocenters. The van der Waals surface area contributed by atoms with Gasteiger partial charge in [0.2, 0.25) is 0 Å². The lowest BCUT2D eigenvalue weighted by Gasteiger charge is -2.28. The minimum Gasteiger partial charge on any atom is -0.349 e. The normalized spacial score (nSPS) is 20.8. The van der Waals surface area contributed by atoms with Crippen LogP contribution in [0.2, 0.25) is 0 Å². The van der Waals surface area contributed by atoms with Gasteiger partial charge >= 0.3 is 6.18 Å². The Morgan fingerprint density at radius 1 is 1.31 bits per heavy atom. The number of aromatic nitrogens is 2. The highest BCUT2D eigenvalue weighted by atomic mass is 19.4. The molecule has 1 aliphatic rings. The fraction of sp³-hybridized carbons (Fsp3) is 0.444. The molecule has 0 radical (unpaired) electrons. The van der Waals surface area contributed by atoms with Crippen molar-refractivity contribution in [2.24, 2.45) is 0 Å². The zero-order chi connectivity index (χ0) is 18.9. The van der Waals surface area contributed by atoms with Gasteiger partial charge in [-0.25, -0.2) is 4.68 Å². The lowest BCUT2D eigenvalue weighted by molar-refractivity contribution is -0.143. The van der Waals surface area contributed by atoms with Gasteiger partial charge in [-0.2, -0.15) is 18.3 Å². The van der Waals surface area contributed by atoms with Crippen LogP contribution in [0.1, 0.15) is 41.4 Å². The van der Waals surface area contributed by atoms with Gasteiger partial charge in [-0.1, -0.05) is 17.7 Å². The van der Waals surface area contributed by atoms with Crippen LogP contribution in [0.4, 0.5) is 13.2 Å². The molecule has 26 heavy (non-hydrogen) atoms. The van der Waals surface area contributed by atoms with Crippen molar-refractivity contribution in [2.45, 2.75) is 44.9 Å². The van der Waals surface area contributed by atoms with Crippen molar-refractivity contribution in [2.75, 3.05) is 6.54 Å². The third kappa shape index (κ3) is 3.90. The summed E-state index contributed by atoms with van der Waals surface area (Å²) in [6.45, 7) is 4.55. The summed E-state index contributed by atoms with van der Waals surface area (Å²) >= 11 is 0. The van der Waals surface area contributed by atoms with E-state index >= 15 is 0 Å². The van der Waals surface area contributed by atoms with Gasteiger partial charge in [0, 0.05) is 12.1 Å². The third-order valence-electron chi connectivity index (χ3n) is 4.52. The first-order valence-corrected chi connectivity index (χ1v) is 8.52. The second kappa shape index (κ2) is 7.11. The van der Waals surface area contributed by atoms with Crippen LogP contribution in [-0.2, 0) is 6.18 Å². The summed E-state index contributed by atoms with van der Waals surface area (Å²) in [6.07, 6.45) is -2.35. The highest BCUT2D eigenvalue weighted by Gasteiger charge is 2.41. The van der Waals surface area contributed by atoms with E-state index in [1.54, 1.807) is 24.3 Å². The predicted molar refractivity (Wildman–Crippen MR) is 91.3 cm³/mol. The van der Waals surface area contributed by atoms with Gasteiger partial charge in [-0.05, 0) is 45.4 Å². The van der Waals surface area contributed by atoms with Gasteiger partial charge in [0.05, 0.1) is 17.4 Å². The number of alkyl halides is 3. The SMILES string of the molecule is Cc1ccc(-n2ncc(C(=O)NC3CCNC(C)C3)c2C(F)(F)F)cc1. The largest absolute Gasteiger partial charge is 0.434 e. The first-order valence-electron chi connectivity index (χ1n) is 8.52. The van der Waals surface area contributed by atoms with Crippen molar-refractivity contribution in [3.8, 4) is 5.69 Å². The van der Waals surface area contributed by atoms with Crippen molar-refractivity contribution in [1.82, 2.24) is 20.4 Å². The van der Waals surface area contributed by atoms with E-state index in [1.807, 2.05) is 13.8 Å². The lowest BCUT2D eigenvalue weighted by atomic mass is 10.0. The maximum Gasteiger partial charge on any atom is 0.434 e. The molecule has 2 unspecified atom stereocenters. The monoisotopic (exact) mass is 366 g/mol. The molecule has 1 saturated heterocycles. The maximum absolute atomic E-state index is 13.7. The number of benzene rings is 1. The van der Waals surface area contributed by atoms with Crippen LogP contribution < -0.4 is 10.6 Å². The summed E-state index contributed by atoms with van der Waals surface area (Å²) in [7, 11) is 0. The summed E-state index contributed by atoms with van der Waals surface area (Å²) in [6, 6.07) is 6.57. The van der Waals surface area contributed by atoms with Gasteiger partial charge in [-0.15, -0.1) is 0 Å². The number of nitrogens with one attached hydrogen (secondary N) is 2. The van der Waals surface area contributed by atoms with E-state index in [4.69, 9.17) is 0 Å². The van der Waals surface area contributed by atoms with Gasteiger partial charge in [-0.3, -0.25) is 4.79 Å². The van der Waals surface area contributed by atoms with E-state index < -0.39 is 23.3 Å². The van der Waals surface area contributed by atoms with Crippen LogP contribution in [0, 0.1) is 6.92 Å². The molecule has 1 aliphatic heterocycles. The molecule has 0 spiro atoms. The number of hydrogen-bond donors (Lipinski definition) is 2. The Labute approximate surface area is 149 Å². The maximum atomic E-state index is 13.7. The zero-order valence-electron chi connectivity index (χ0n) is 14.6. The molecule has 0 saturated carbocycles. The summed E-state index contributed by atoms with van der Waals surface area (Å²) in [5.41, 5.74) is -0.324. The van der Waals surface area contributed by atoms with E-state index in [9.17, 15) is 18.0 Å². The molecule has 2 heterocycles. The van der Waals surface area contributed by atoms with Crippen LogP contribution in [0.15, 0.2) is 30.5 Å². The Bertz CT molecular complexity index is 783. The number of carbonyl (C=O) groups is 1. The summed E-state index contributed by atoms with van der Waals surface area (Å²) < 4.78 is 41.7. The molecule has 1 aromatic carbocycles. The molecular formula is C18H21F3N4O. The minimum absolute atomic E-state index is 0.150. The van der Waals surface area contributed by atoms with E-state index in [0.717, 1.165) is 23.0 Å². The summed E-state index contributed by atoms with van der Waals surface area (Å²) in [5, 5.41) is 9.80. The van der Waals surface area contributed by atoms with Crippen LogP contribution >= 0.6 is 0 Å². The number of hydrogen-bond acceptors (Lipinski definition) is 3. The quantitative estimate of drug-likeness (QED) is 0.878. The Balaban J connectivity index is 1.92. The molecule has 3 rings (SSSR count). The number of rotatable bonds is 3. The first kappa shape index (κ1) is 18.4. The molecule has 1 amide bonds. The molecule has 2 aromatic rings. The Hall–Kier alpha value is -2.35. The fourth-order valence-electron chi connectivity index (χ4n) is 3.20. The number of aryl methyl sites for hydroxylation is 1. The summed E-state index contributed by atoms with van der Waals surface area (Å²) in [5.74, 6) is -0.741. The van der Waals surface area contributed by atoms with Crippen LogP contribution in [0.5, 0.6) is 0 Å². The summed E-state index contributed by atoms with van der Waals surface area (Å²) in [4.78, 5) is 12.5. The Morgan fingerprint density at radius 2 is 2.00 bits per heavy atom. The lowest BCUT2D eigenvalue weighted by Crippen LogP contribution is -2.46. The molecular weight excluding hydrogens is 345 g/mol. The van der Waals surface area contributed by atoms with Crippen molar-refractivity contribution in [1.29, 1.82) is 0 Å². The van der Waals surface area contributed by atoms with Crippen molar-refractivity contribution in [3.63, 3.8) is 0 Å². The minimum atomic E-state index is -4.70. The topological polar surface area (TPSA) is 59.0 Å². The number of nitrogens with zero attached hydrogens (tertiary/aromatic N) is 2. The Kier molecular flexibility index (Phi) is 5.04. The smallest absolute Gasteiger partial charge is 0.349 e. The molecule has 1 aromatic heterocycles. The standard InChI is InChI=1S/C18H21F3N4O/c1-11-3-5-14(6-4-11)25-16(18(19,20)21)15(10-23-25)17(26)24-13-7-8-22-12(2)9-13/h3-6,10,12-13,22H,7-9H2,1-2H3,(H,24,26). The second-order valence-electron chi connectivity index (χ2n) is 6.70. The van der Waals surface area contributed by atoms with Crippen molar-refractivity contribution >= 4 is 5.91 Å².